The number of hydrogen-bond donors (Lipinski definition) is 0. The number of aryl methyl sites for hydroxylation is 1. The van der Waals surface area contributed by atoms with Gasteiger partial charge in [-0.3, -0.25) is 4.68 Å². The van der Waals surface area contributed by atoms with Crippen LogP contribution in [-0.2, 0) is 0 Å². The third-order valence-electron chi connectivity index (χ3n) is 2.63. The molecule has 1 atom stereocenters. The van der Waals surface area contributed by atoms with E-state index in [0.717, 1.165) is 0 Å². The lowest BCUT2D eigenvalue weighted by Gasteiger charge is -2.06. The minimum Gasteiger partial charge on any atom is -0.270 e. The molecule has 1 aromatic heterocycles. The molecule has 1 unspecified atom stereocenters. The molecule has 0 N–H and O–H groups in total. The molecule has 0 fully saturated rings. The summed E-state index contributed by atoms with van der Waals surface area (Å²) in [6.45, 7) is 10.9. The molecule has 0 spiro atoms. The number of hydrogen-bond acceptors (Lipinski definition) is 1. The fourth-order valence-electron chi connectivity index (χ4n) is 1.46. The van der Waals surface area contributed by atoms with Crippen molar-refractivity contribution in [2.24, 2.45) is 0 Å². The van der Waals surface area contributed by atoms with E-state index in [-0.39, 0.29) is 0 Å². The Morgan fingerprint density at radius 3 is 2.38 bits per heavy atom. The largest absolute Gasteiger partial charge is 0.270 e. The van der Waals surface area contributed by atoms with E-state index in [0.29, 0.717) is 12.0 Å². The van der Waals surface area contributed by atoms with Crippen LogP contribution in [-0.4, -0.2) is 9.78 Å². The molecule has 74 valence electrons. The van der Waals surface area contributed by atoms with Crippen molar-refractivity contribution in [2.45, 2.75) is 53.0 Å². The maximum absolute atomic E-state index is 4.50. The van der Waals surface area contributed by atoms with Gasteiger partial charge in [-0.05, 0) is 38.7 Å². The Kier molecular flexibility index (Phi) is 3.12. The first kappa shape index (κ1) is 10.3. The zero-order chi connectivity index (χ0) is 10.0. The second-order valence-corrected chi connectivity index (χ2v) is 4.05. The van der Waals surface area contributed by atoms with E-state index in [1.165, 1.54) is 17.7 Å². The molecule has 0 aliphatic rings. The Morgan fingerprint density at radius 1 is 1.38 bits per heavy atom. The average molecular weight is 180 g/mol. The lowest BCUT2D eigenvalue weighted by atomic mass is 10.00. The van der Waals surface area contributed by atoms with Gasteiger partial charge in [0, 0.05) is 12.2 Å². The van der Waals surface area contributed by atoms with Gasteiger partial charge in [-0.2, -0.15) is 5.10 Å². The average Bonchev–Trinajstić information content (AvgIpc) is 2.46. The van der Waals surface area contributed by atoms with Crippen LogP contribution in [0.4, 0.5) is 0 Å². The van der Waals surface area contributed by atoms with Gasteiger partial charge in [0.1, 0.15) is 0 Å². The highest BCUT2D eigenvalue weighted by atomic mass is 15.3. The minimum atomic E-state index is 0.469. The fourth-order valence-corrected chi connectivity index (χ4v) is 1.46. The third-order valence-corrected chi connectivity index (χ3v) is 2.63. The van der Waals surface area contributed by atoms with Crippen LogP contribution in [0.25, 0.3) is 0 Å². The lowest BCUT2D eigenvalue weighted by molar-refractivity contribution is 0.528. The molecule has 0 bridgehead atoms. The van der Waals surface area contributed by atoms with Crippen molar-refractivity contribution in [3.8, 4) is 0 Å². The van der Waals surface area contributed by atoms with E-state index in [9.17, 15) is 0 Å². The van der Waals surface area contributed by atoms with Gasteiger partial charge < -0.3 is 0 Å². The van der Waals surface area contributed by atoms with Gasteiger partial charge >= 0.3 is 0 Å². The molecular weight excluding hydrogens is 160 g/mol. The number of nitrogens with zero attached hydrogens (tertiary/aromatic N) is 2. The summed E-state index contributed by atoms with van der Waals surface area (Å²) < 4.78 is 2.05. The van der Waals surface area contributed by atoms with E-state index < -0.39 is 0 Å². The summed E-state index contributed by atoms with van der Waals surface area (Å²) in [5.41, 5.74) is 2.58. The van der Waals surface area contributed by atoms with Crippen molar-refractivity contribution in [3.63, 3.8) is 0 Å². The summed E-state index contributed by atoms with van der Waals surface area (Å²) in [4.78, 5) is 0. The summed E-state index contributed by atoms with van der Waals surface area (Å²) >= 11 is 0. The Morgan fingerprint density at radius 2 is 2.00 bits per heavy atom. The monoisotopic (exact) mass is 180 g/mol. The molecular formula is C11H20N2. The van der Waals surface area contributed by atoms with E-state index >= 15 is 0 Å². The van der Waals surface area contributed by atoms with Crippen LogP contribution in [0.2, 0.25) is 0 Å². The molecule has 0 aliphatic carbocycles. The van der Waals surface area contributed by atoms with Crippen molar-refractivity contribution in [1.82, 2.24) is 9.78 Å². The minimum absolute atomic E-state index is 0.469. The van der Waals surface area contributed by atoms with Crippen molar-refractivity contribution in [1.29, 1.82) is 0 Å². The highest BCUT2D eigenvalue weighted by molar-refractivity contribution is 5.19. The molecule has 0 aromatic carbocycles. The molecule has 0 amide bonds. The van der Waals surface area contributed by atoms with Crippen LogP contribution >= 0.6 is 0 Å². The van der Waals surface area contributed by atoms with Crippen molar-refractivity contribution < 1.29 is 0 Å². The molecule has 1 aromatic rings. The summed E-state index contributed by atoms with van der Waals surface area (Å²) in [7, 11) is 0. The summed E-state index contributed by atoms with van der Waals surface area (Å²) in [6, 6.07) is 0.469. The van der Waals surface area contributed by atoms with E-state index in [4.69, 9.17) is 0 Å². The van der Waals surface area contributed by atoms with Crippen molar-refractivity contribution in [3.05, 3.63) is 17.5 Å². The zero-order valence-electron chi connectivity index (χ0n) is 9.33. The highest BCUT2D eigenvalue weighted by Gasteiger charge is 2.11. The Bertz CT molecular complexity index is 274. The Hall–Kier alpha value is -0.790. The van der Waals surface area contributed by atoms with Crippen LogP contribution in [0.3, 0.4) is 0 Å². The maximum Gasteiger partial charge on any atom is 0.0628 e. The fraction of sp³-hybridized carbons (Fsp3) is 0.727. The predicted molar refractivity (Wildman–Crippen MR) is 56.1 cm³/mol. The number of rotatable bonds is 3. The Labute approximate surface area is 81.0 Å². The van der Waals surface area contributed by atoms with Gasteiger partial charge in [-0.15, -0.1) is 0 Å². The molecule has 0 aliphatic heterocycles. The smallest absolute Gasteiger partial charge is 0.0628 e. The van der Waals surface area contributed by atoms with Gasteiger partial charge in [0.05, 0.1) is 5.69 Å². The van der Waals surface area contributed by atoms with Crippen molar-refractivity contribution in [2.75, 3.05) is 0 Å². The van der Waals surface area contributed by atoms with E-state index in [1.807, 2.05) is 0 Å². The van der Waals surface area contributed by atoms with Gasteiger partial charge in [0.2, 0.25) is 0 Å². The topological polar surface area (TPSA) is 17.8 Å². The van der Waals surface area contributed by atoms with Gasteiger partial charge in [0.15, 0.2) is 0 Å². The van der Waals surface area contributed by atoms with E-state index in [1.54, 1.807) is 0 Å². The van der Waals surface area contributed by atoms with Crippen molar-refractivity contribution >= 4 is 0 Å². The first-order valence-corrected chi connectivity index (χ1v) is 5.11. The SMILES string of the molecule is CCC(C)c1cn(C(C)C)nc1C. The normalized spacial score (nSPS) is 13.7. The highest BCUT2D eigenvalue weighted by Crippen LogP contribution is 2.22. The molecule has 0 saturated carbocycles. The van der Waals surface area contributed by atoms with E-state index in [2.05, 4.69) is 50.6 Å². The van der Waals surface area contributed by atoms with Gasteiger partial charge in [0.25, 0.3) is 0 Å². The first-order valence-electron chi connectivity index (χ1n) is 5.11. The molecule has 2 nitrogen and oxygen atoms in total. The molecule has 2 heteroatoms. The number of aromatic nitrogens is 2. The lowest BCUT2D eigenvalue weighted by Crippen LogP contribution is -2.00. The summed E-state index contributed by atoms with van der Waals surface area (Å²) in [6.07, 6.45) is 3.37. The standard InChI is InChI=1S/C11H20N2/c1-6-9(4)11-7-13(8(2)3)12-10(11)5/h7-9H,6H2,1-5H3. The molecule has 1 rings (SSSR count). The second-order valence-electron chi connectivity index (χ2n) is 4.05. The van der Waals surface area contributed by atoms with Gasteiger partial charge in [-0.1, -0.05) is 13.8 Å². The van der Waals surface area contributed by atoms with Gasteiger partial charge in [-0.25, -0.2) is 0 Å². The summed E-state index contributed by atoms with van der Waals surface area (Å²) in [5.74, 6) is 0.632. The quantitative estimate of drug-likeness (QED) is 0.698. The summed E-state index contributed by atoms with van der Waals surface area (Å²) in [5, 5.41) is 4.50. The van der Waals surface area contributed by atoms with Crippen LogP contribution in [0.15, 0.2) is 6.20 Å². The molecule has 13 heavy (non-hydrogen) atoms. The van der Waals surface area contributed by atoms with Crippen LogP contribution in [0, 0.1) is 6.92 Å². The maximum atomic E-state index is 4.50. The van der Waals surface area contributed by atoms with Crippen LogP contribution in [0.1, 0.15) is 57.3 Å². The molecule has 0 radical (unpaired) electrons. The predicted octanol–water partition coefficient (Wildman–Crippen LogP) is 3.29. The van der Waals surface area contributed by atoms with Crippen LogP contribution in [0.5, 0.6) is 0 Å². The van der Waals surface area contributed by atoms with Crippen LogP contribution < -0.4 is 0 Å². The zero-order valence-corrected chi connectivity index (χ0v) is 9.33. The third kappa shape index (κ3) is 2.11. The molecule has 1 heterocycles. The first-order chi connectivity index (χ1) is 6.06. The second kappa shape index (κ2) is 3.95. The molecule has 0 saturated heterocycles. The Balaban J connectivity index is 2.96.